The van der Waals surface area contributed by atoms with E-state index in [4.69, 9.17) is 4.74 Å². The van der Waals surface area contributed by atoms with Crippen LogP contribution in [0.5, 0.6) is 0 Å². The van der Waals surface area contributed by atoms with Crippen molar-refractivity contribution >= 4 is 11.0 Å². The van der Waals surface area contributed by atoms with Crippen LogP contribution < -0.4 is 0 Å². The number of fused-ring (bicyclic) bond motifs is 1. The molecule has 0 aliphatic carbocycles. The lowest BCUT2D eigenvalue weighted by Gasteiger charge is -2.18. The number of aryl methyl sites for hydroxylation is 1. The lowest BCUT2D eigenvalue weighted by Crippen LogP contribution is -2.29. The zero-order valence-electron chi connectivity index (χ0n) is 11.8. The number of imidazole rings is 1. The summed E-state index contributed by atoms with van der Waals surface area (Å²) in [5, 5.41) is 10.2. The lowest BCUT2D eigenvalue weighted by atomic mass is 10.1. The highest BCUT2D eigenvalue weighted by Gasteiger charge is 2.18. The van der Waals surface area contributed by atoms with Crippen molar-refractivity contribution < 1.29 is 9.84 Å². The standard InChI is InChI=1S/C15H22N2O2/c1-4-17-13-9-7-6-8-12(13)16-15(17)10-14(18)11(3)19-5-2/h6-9,11,14,18H,4-5,10H2,1-3H3. The summed E-state index contributed by atoms with van der Waals surface area (Å²) >= 11 is 0. The minimum atomic E-state index is -0.526. The van der Waals surface area contributed by atoms with Crippen molar-refractivity contribution in [3.8, 4) is 0 Å². The van der Waals surface area contributed by atoms with Crippen molar-refractivity contribution in [1.29, 1.82) is 0 Å². The van der Waals surface area contributed by atoms with Gasteiger partial charge < -0.3 is 14.4 Å². The van der Waals surface area contributed by atoms with Gasteiger partial charge in [0.25, 0.3) is 0 Å². The summed E-state index contributed by atoms with van der Waals surface area (Å²) in [6, 6.07) is 8.06. The molecule has 0 spiro atoms. The van der Waals surface area contributed by atoms with Crippen molar-refractivity contribution in [3.63, 3.8) is 0 Å². The molecule has 4 heteroatoms. The summed E-state index contributed by atoms with van der Waals surface area (Å²) in [7, 11) is 0. The van der Waals surface area contributed by atoms with Gasteiger partial charge in [0.05, 0.1) is 23.2 Å². The molecule has 0 aliphatic rings. The second kappa shape index (κ2) is 6.17. The van der Waals surface area contributed by atoms with Crippen molar-refractivity contribution in [2.24, 2.45) is 0 Å². The smallest absolute Gasteiger partial charge is 0.112 e. The number of aliphatic hydroxyl groups excluding tert-OH is 1. The molecule has 0 aliphatic heterocycles. The minimum Gasteiger partial charge on any atom is -0.390 e. The molecule has 0 saturated carbocycles. The van der Waals surface area contributed by atoms with Crippen molar-refractivity contribution in [1.82, 2.24) is 9.55 Å². The number of ether oxygens (including phenoxy) is 1. The number of nitrogens with zero attached hydrogens (tertiary/aromatic N) is 2. The van der Waals surface area contributed by atoms with Crippen LogP contribution in [0, 0.1) is 0 Å². The number of rotatable bonds is 6. The zero-order valence-corrected chi connectivity index (χ0v) is 11.8. The molecule has 0 fully saturated rings. The van der Waals surface area contributed by atoms with Gasteiger partial charge in [-0.2, -0.15) is 0 Å². The second-order valence-electron chi connectivity index (χ2n) is 4.69. The first-order chi connectivity index (χ1) is 9.17. The number of hydrogen-bond donors (Lipinski definition) is 1. The van der Waals surface area contributed by atoms with E-state index in [-0.39, 0.29) is 6.10 Å². The molecule has 2 unspecified atom stereocenters. The number of para-hydroxylation sites is 2. The fourth-order valence-corrected chi connectivity index (χ4v) is 2.36. The van der Waals surface area contributed by atoms with E-state index in [2.05, 4.69) is 22.5 Å². The lowest BCUT2D eigenvalue weighted by molar-refractivity contribution is -0.0218. The van der Waals surface area contributed by atoms with Crippen LogP contribution in [0.1, 0.15) is 26.6 Å². The first-order valence-corrected chi connectivity index (χ1v) is 6.91. The molecular weight excluding hydrogens is 240 g/mol. The largest absolute Gasteiger partial charge is 0.390 e. The van der Waals surface area contributed by atoms with E-state index >= 15 is 0 Å². The van der Waals surface area contributed by atoms with Gasteiger partial charge in [0.1, 0.15) is 5.82 Å². The Morgan fingerprint density at radius 2 is 2.05 bits per heavy atom. The Morgan fingerprint density at radius 1 is 1.32 bits per heavy atom. The summed E-state index contributed by atoms with van der Waals surface area (Å²) in [6.07, 6.45) is -0.180. The van der Waals surface area contributed by atoms with E-state index < -0.39 is 6.10 Å². The first-order valence-electron chi connectivity index (χ1n) is 6.91. The van der Waals surface area contributed by atoms with Gasteiger partial charge in [0, 0.05) is 19.6 Å². The Labute approximate surface area is 114 Å². The molecule has 2 atom stereocenters. The molecule has 0 bridgehead atoms. The fraction of sp³-hybridized carbons (Fsp3) is 0.533. The maximum atomic E-state index is 10.2. The van der Waals surface area contributed by atoms with Crippen LogP contribution in [0.4, 0.5) is 0 Å². The zero-order chi connectivity index (χ0) is 13.8. The number of hydrogen-bond acceptors (Lipinski definition) is 3. The third kappa shape index (κ3) is 2.96. The van der Waals surface area contributed by atoms with Gasteiger partial charge in [-0.25, -0.2) is 4.98 Å². The van der Waals surface area contributed by atoms with Crippen molar-refractivity contribution in [2.75, 3.05) is 6.61 Å². The normalized spacial score (nSPS) is 14.7. The van der Waals surface area contributed by atoms with Gasteiger partial charge in [-0.15, -0.1) is 0 Å². The van der Waals surface area contributed by atoms with Crippen LogP contribution in [-0.2, 0) is 17.7 Å². The predicted molar refractivity (Wildman–Crippen MR) is 76.2 cm³/mol. The highest BCUT2D eigenvalue weighted by molar-refractivity contribution is 5.75. The topological polar surface area (TPSA) is 47.3 Å². The third-order valence-corrected chi connectivity index (χ3v) is 3.41. The van der Waals surface area contributed by atoms with Gasteiger partial charge in [-0.3, -0.25) is 0 Å². The summed E-state index contributed by atoms with van der Waals surface area (Å²) in [4.78, 5) is 4.61. The molecule has 4 nitrogen and oxygen atoms in total. The summed E-state index contributed by atoms with van der Waals surface area (Å²) in [5.41, 5.74) is 2.10. The summed E-state index contributed by atoms with van der Waals surface area (Å²) < 4.78 is 7.59. The van der Waals surface area contributed by atoms with Crippen molar-refractivity contribution in [2.45, 2.75) is 45.9 Å². The minimum absolute atomic E-state index is 0.171. The molecule has 0 amide bonds. The van der Waals surface area contributed by atoms with E-state index in [1.54, 1.807) is 0 Å². The molecular formula is C15H22N2O2. The van der Waals surface area contributed by atoms with E-state index in [0.717, 1.165) is 23.4 Å². The Morgan fingerprint density at radius 3 is 2.74 bits per heavy atom. The Bertz CT molecular complexity index is 536. The maximum Gasteiger partial charge on any atom is 0.112 e. The van der Waals surface area contributed by atoms with E-state index in [1.807, 2.05) is 32.0 Å². The van der Waals surface area contributed by atoms with Crippen LogP contribution in [0.2, 0.25) is 0 Å². The maximum absolute atomic E-state index is 10.2. The summed E-state index contributed by atoms with van der Waals surface area (Å²) in [6.45, 7) is 7.39. The predicted octanol–water partition coefficient (Wildman–Crippen LogP) is 2.38. The SMILES string of the molecule is CCOC(C)C(O)Cc1nc2ccccc2n1CC. The number of aromatic nitrogens is 2. The Hall–Kier alpha value is -1.39. The Kier molecular flexibility index (Phi) is 4.56. The monoisotopic (exact) mass is 262 g/mol. The van der Waals surface area contributed by atoms with Crippen molar-refractivity contribution in [3.05, 3.63) is 30.1 Å². The number of aliphatic hydroxyl groups is 1. The fourth-order valence-electron chi connectivity index (χ4n) is 2.36. The highest BCUT2D eigenvalue weighted by atomic mass is 16.5. The molecule has 19 heavy (non-hydrogen) atoms. The van der Waals surface area contributed by atoms with E-state index in [0.29, 0.717) is 13.0 Å². The van der Waals surface area contributed by atoms with Gasteiger partial charge in [-0.1, -0.05) is 12.1 Å². The molecule has 1 N–H and O–H groups in total. The average Bonchev–Trinajstić information content (AvgIpc) is 2.75. The molecule has 1 heterocycles. The van der Waals surface area contributed by atoms with Gasteiger partial charge in [-0.05, 0) is 32.9 Å². The first kappa shape index (κ1) is 14.0. The highest BCUT2D eigenvalue weighted by Crippen LogP contribution is 2.18. The van der Waals surface area contributed by atoms with Crippen LogP contribution in [0.3, 0.4) is 0 Å². The van der Waals surface area contributed by atoms with Crippen LogP contribution >= 0.6 is 0 Å². The Balaban J connectivity index is 2.24. The third-order valence-electron chi connectivity index (χ3n) is 3.41. The van der Waals surface area contributed by atoms with E-state index in [9.17, 15) is 5.11 Å². The van der Waals surface area contributed by atoms with E-state index in [1.165, 1.54) is 0 Å². The van der Waals surface area contributed by atoms with Gasteiger partial charge in [0.15, 0.2) is 0 Å². The van der Waals surface area contributed by atoms with Crippen LogP contribution in [0.15, 0.2) is 24.3 Å². The average molecular weight is 262 g/mol. The molecule has 0 saturated heterocycles. The second-order valence-corrected chi connectivity index (χ2v) is 4.69. The van der Waals surface area contributed by atoms with Gasteiger partial charge >= 0.3 is 0 Å². The number of benzene rings is 1. The van der Waals surface area contributed by atoms with Crippen LogP contribution in [0.25, 0.3) is 11.0 Å². The molecule has 1 aromatic carbocycles. The van der Waals surface area contributed by atoms with Crippen LogP contribution in [-0.4, -0.2) is 33.5 Å². The van der Waals surface area contributed by atoms with Gasteiger partial charge in [0.2, 0.25) is 0 Å². The molecule has 0 radical (unpaired) electrons. The molecule has 1 aromatic heterocycles. The summed E-state index contributed by atoms with van der Waals surface area (Å²) in [5.74, 6) is 0.919. The molecule has 2 rings (SSSR count). The molecule has 2 aromatic rings. The quantitative estimate of drug-likeness (QED) is 0.869. The molecule has 104 valence electrons.